The molecule has 0 N–H and O–H groups in total. The Hall–Kier alpha value is -4.01. The second-order valence-corrected chi connectivity index (χ2v) is 10.1. The molecular formula is C35H38BF4IrN4-3. The second-order valence-electron chi connectivity index (χ2n) is 10.1. The minimum absolute atomic E-state index is 0. The van der Waals surface area contributed by atoms with Crippen molar-refractivity contribution < 1.29 is 37.8 Å². The van der Waals surface area contributed by atoms with E-state index >= 15 is 0 Å². The number of hydrogen-bond donors (Lipinski definition) is 0. The molecule has 0 bridgehead atoms. The van der Waals surface area contributed by atoms with Gasteiger partial charge in [-0.1, -0.05) is 67.4 Å². The van der Waals surface area contributed by atoms with Crippen LogP contribution in [0.15, 0.2) is 116 Å². The van der Waals surface area contributed by atoms with Crippen LogP contribution in [0.4, 0.5) is 35.7 Å². The first-order valence-corrected chi connectivity index (χ1v) is 13.6. The molecular weight excluding hydrogens is 755 g/mol. The summed E-state index contributed by atoms with van der Waals surface area (Å²) in [6, 6.07) is 35.2. The average molecular weight is 794 g/mol. The maximum atomic E-state index is 9.67. The van der Waals surface area contributed by atoms with Crippen LogP contribution in [-0.2, 0) is 20.1 Å². The molecule has 0 fully saturated rings. The predicted molar refractivity (Wildman–Crippen MR) is 177 cm³/mol. The minimum atomic E-state index is -3.67. The molecule has 6 rings (SSSR count). The number of nitrogens with zero attached hydrogens (tertiary/aromatic N) is 4. The van der Waals surface area contributed by atoms with Crippen LogP contribution < -0.4 is 24.3 Å². The average Bonchev–Trinajstić information content (AvgIpc) is 3.66. The molecule has 0 aromatic heterocycles. The first-order valence-electron chi connectivity index (χ1n) is 13.6. The van der Waals surface area contributed by atoms with Gasteiger partial charge in [0.05, 0.1) is 6.67 Å². The van der Waals surface area contributed by atoms with E-state index in [1.54, 1.807) is 0 Å². The number of benzene rings is 4. The molecule has 0 spiro atoms. The molecule has 2 aliphatic heterocycles. The largest absolute Gasteiger partial charge is 1.00 e. The van der Waals surface area contributed by atoms with E-state index in [1.165, 1.54) is 33.6 Å². The number of aryl methyl sites for hydroxylation is 4. The van der Waals surface area contributed by atoms with E-state index in [0.717, 1.165) is 18.0 Å². The molecule has 4 aromatic rings. The zero-order valence-corrected chi connectivity index (χ0v) is 27.4. The van der Waals surface area contributed by atoms with E-state index in [0.29, 0.717) is 0 Å². The van der Waals surface area contributed by atoms with Gasteiger partial charge in [-0.15, -0.1) is 18.4 Å². The minimum Gasteiger partial charge on any atom is -1.00 e. The van der Waals surface area contributed by atoms with Crippen molar-refractivity contribution in [2.75, 3.05) is 26.3 Å². The maximum Gasteiger partial charge on any atom is 0.762 e. The van der Waals surface area contributed by atoms with Crippen molar-refractivity contribution >= 4 is 30.3 Å². The summed E-state index contributed by atoms with van der Waals surface area (Å²) < 4.78 is 29.0. The van der Waals surface area contributed by atoms with E-state index < -0.39 is 7.54 Å². The van der Waals surface area contributed by atoms with E-state index in [4.69, 9.17) is 0 Å². The van der Waals surface area contributed by atoms with Gasteiger partial charge >= 0.3 is 7.54 Å². The zero-order valence-electron chi connectivity index (χ0n) is 25.0. The third-order valence-corrected chi connectivity index (χ3v) is 6.66. The van der Waals surface area contributed by atoms with E-state index in [-0.39, 0.29) is 32.2 Å². The van der Waals surface area contributed by atoms with Crippen molar-refractivity contribution in [3.8, 4) is 0 Å². The number of rotatable bonds is 4. The van der Waals surface area contributed by atoms with E-state index in [2.05, 4.69) is 164 Å². The van der Waals surface area contributed by atoms with Crippen molar-refractivity contribution in [1.29, 1.82) is 0 Å². The fourth-order valence-corrected chi connectivity index (χ4v) is 4.25. The number of halogens is 4. The summed E-state index contributed by atoms with van der Waals surface area (Å²) in [5, 5.41) is 0. The van der Waals surface area contributed by atoms with Gasteiger partial charge in [0, 0.05) is 49.6 Å². The van der Waals surface area contributed by atoms with Crippen LogP contribution in [0.2, 0.25) is 0 Å². The SMILES string of the molecule is C.Cc1c[c-]c(N2C=CN(c3ccc(C)cc3)[CH-]2)cc1.Cc1ccc(N2C=CN(c3ccc(C)cc3)C2)cc1.FB(F)F.[F-].[Ir]. The van der Waals surface area contributed by atoms with Crippen LogP contribution in [0.5, 0.6) is 0 Å². The van der Waals surface area contributed by atoms with Gasteiger partial charge < -0.3 is 24.3 Å². The molecule has 0 saturated heterocycles. The van der Waals surface area contributed by atoms with Crippen LogP contribution in [-0.4, -0.2) is 14.2 Å². The molecule has 0 unspecified atom stereocenters. The van der Waals surface area contributed by atoms with Crippen LogP contribution in [0.3, 0.4) is 0 Å². The molecule has 10 heteroatoms. The third-order valence-electron chi connectivity index (χ3n) is 6.66. The molecule has 0 atom stereocenters. The van der Waals surface area contributed by atoms with Gasteiger partial charge in [-0.3, -0.25) is 12.9 Å². The Morgan fingerprint density at radius 1 is 0.578 bits per heavy atom. The molecule has 1 radical (unpaired) electrons. The summed E-state index contributed by atoms with van der Waals surface area (Å²) in [4.78, 5) is 8.67. The first kappa shape index (κ1) is 39.0. The number of hydrogen-bond acceptors (Lipinski definition) is 4. The number of anilines is 4. The van der Waals surface area contributed by atoms with Crippen LogP contribution in [0.1, 0.15) is 29.7 Å². The Balaban J connectivity index is 0.000000380. The Kier molecular flexibility index (Phi) is 16.2. The molecule has 0 aliphatic carbocycles. The van der Waals surface area contributed by atoms with Crippen molar-refractivity contribution in [1.82, 2.24) is 0 Å². The molecule has 2 aliphatic rings. The molecule has 45 heavy (non-hydrogen) atoms. The van der Waals surface area contributed by atoms with Crippen LogP contribution in [0.25, 0.3) is 0 Å². The zero-order chi connectivity index (χ0) is 30.1. The second kappa shape index (κ2) is 18.7. The molecule has 4 aromatic carbocycles. The van der Waals surface area contributed by atoms with Crippen molar-refractivity contribution in [3.05, 3.63) is 151 Å². The van der Waals surface area contributed by atoms with Gasteiger partial charge in [-0.25, -0.2) is 0 Å². The monoisotopic (exact) mass is 794 g/mol. The standard InChI is InChI=1S/C17H18N2.C17H16N2.CH4.BF3.FH.Ir/c2*1-14-3-7-16(8-4-14)18-11-12-19(13-18)17-9-5-15(2)6-10-17;;2-1(3)4;;/h3-12H,13H2,1-2H3;3-9,11-13H,1-2H3;1H4;;1H;/q;-2;;;;/p-1. The van der Waals surface area contributed by atoms with E-state index in [9.17, 15) is 12.9 Å². The van der Waals surface area contributed by atoms with E-state index in [1.807, 2.05) is 12.3 Å². The van der Waals surface area contributed by atoms with Gasteiger partial charge in [0.2, 0.25) is 0 Å². The summed E-state index contributed by atoms with van der Waals surface area (Å²) in [6.45, 7) is 11.3. The summed E-state index contributed by atoms with van der Waals surface area (Å²) >= 11 is 0. The summed E-state index contributed by atoms with van der Waals surface area (Å²) in [7, 11) is -3.67. The summed E-state index contributed by atoms with van der Waals surface area (Å²) in [5.41, 5.74) is 9.77. The maximum absolute atomic E-state index is 9.67. The smallest absolute Gasteiger partial charge is 0.762 e. The molecule has 0 amide bonds. The van der Waals surface area contributed by atoms with Crippen molar-refractivity contribution in [2.24, 2.45) is 0 Å². The van der Waals surface area contributed by atoms with Gasteiger partial charge in [0.25, 0.3) is 0 Å². The Morgan fingerprint density at radius 2 is 0.956 bits per heavy atom. The summed E-state index contributed by atoms with van der Waals surface area (Å²) in [6.07, 6.45) is 8.36. The molecule has 0 saturated carbocycles. The fourth-order valence-electron chi connectivity index (χ4n) is 4.25. The fraction of sp³-hybridized carbons (Fsp3) is 0.171. The molecule has 241 valence electrons. The first-order chi connectivity index (χ1) is 20.2. The van der Waals surface area contributed by atoms with Gasteiger partial charge in [-0.2, -0.15) is 23.8 Å². The van der Waals surface area contributed by atoms with Gasteiger partial charge in [0.1, 0.15) is 0 Å². The quantitative estimate of drug-likeness (QED) is 0.131. The molecule has 4 nitrogen and oxygen atoms in total. The van der Waals surface area contributed by atoms with Gasteiger partial charge in [-0.05, 0) is 69.6 Å². The Labute approximate surface area is 279 Å². The predicted octanol–water partition coefficient (Wildman–Crippen LogP) is 6.60. The summed E-state index contributed by atoms with van der Waals surface area (Å²) in [5.74, 6) is 0. The van der Waals surface area contributed by atoms with Crippen molar-refractivity contribution in [2.45, 2.75) is 35.1 Å². The van der Waals surface area contributed by atoms with Crippen LogP contribution in [0, 0.1) is 40.4 Å². The topological polar surface area (TPSA) is 13.0 Å². The Morgan fingerprint density at radius 3 is 1.36 bits per heavy atom. The van der Waals surface area contributed by atoms with Crippen LogP contribution >= 0.6 is 0 Å². The van der Waals surface area contributed by atoms with Gasteiger partial charge in [0.15, 0.2) is 0 Å². The molecule has 2 heterocycles. The van der Waals surface area contributed by atoms with Crippen molar-refractivity contribution in [3.63, 3.8) is 0 Å². The third kappa shape index (κ3) is 11.8. The normalized spacial score (nSPS) is 12.6. The Bertz CT molecular complexity index is 1250.